The van der Waals surface area contributed by atoms with Crippen LogP contribution in [0.4, 0.5) is 5.00 Å². The second kappa shape index (κ2) is 11.6. The Kier molecular flexibility index (Phi) is 9.10. The Morgan fingerprint density at radius 3 is 2.21 bits per heavy atom. The number of nitrogens with one attached hydrogen (secondary N) is 2. The van der Waals surface area contributed by atoms with Crippen molar-refractivity contribution < 1.29 is 19.1 Å². The maximum Gasteiger partial charge on any atom is 0.310 e. The Labute approximate surface area is 253 Å². The predicted octanol–water partition coefficient (Wildman–Crippen LogP) is 7.27. The summed E-state index contributed by atoms with van der Waals surface area (Å²) in [7, 11) is 0. The Hall–Kier alpha value is -1.25. The molecule has 214 valence electrons. The number of thiophene rings is 1. The van der Waals surface area contributed by atoms with Crippen molar-refractivity contribution in [2.75, 3.05) is 18.5 Å². The van der Waals surface area contributed by atoms with Gasteiger partial charge in [0.15, 0.2) is 0 Å². The van der Waals surface area contributed by atoms with Crippen LogP contribution in [0.25, 0.3) is 0 Å². The van der Waals surface area contributed by atoms with E-state index in [4.69, 9.17) is 51.1 Å². The number of anilines is 1. The first-order valence-electron chi connectivity index (χ1n) is 13.1. The first kappa shape index (κ1) is 30.7. The molecule has 2 N–H and O–H groups in total. The van der Waals surface area contributed by atoms with Gasteiger partial charge >= 0.3 is 5.97 Å². The van der Waals surface area contributed by atoms with Crippen LogP contribution < -0.4 is 10.6 Å². The zero-order valence-corrected chi connectivity index (χ0v) is 26.5. The van der Waals surface area contributed by atoms with Gasteiger partial charge in [-0.15, -0.1) is 11.3 Å². The van der Waals surface area contributed by atoms with Gasteiger partial charge in [-0.25, -0.2) is 0 Å². The van der Waals surface area contributed by atoms with Crippen molar-refractivity contribution in [2.45, 2.75) is 53.9 Å². The third-order valence-electron chi connectivity index (χ3n) is 8.58. The lowest BCUT2D eigenvalue weighted by atomic mass is 9.88. The molecule has 4 rings (SSSR count). The molecule has 39 heavy (non-hydrogen) atoms. The third kappa shape index (κ3) is 6.48. The molecule has 5 atom stereocenters. The molecular weight excluding hydrogens is 602 g/mol. The van der Waals surface area contributed by atoms with Crippen molar-refractivity contribution in [1.82, 2.24) is 5.32 Å². The number of ether oxygens (including phenoxy) is 1. The molecule has 5 unspecified atom stereocenters. The summed E-state index contributed by atoms with van der Waals surface area (Å²) in [4.78, 5) is 40.3. The van der Waals surface area contributed by atoms with Crippen LogP contribution in [0, 0.1) is 40.4 Å². The normalized spacial score (nSPS) is 27.5. The molecule has 1 aromatic heterocycles. The fraction of sp³-hybridized carbons (Fsp3) is 0.607. The van der Waals surface area contributed by atoms with E-state index in [1.807, 2.05) is 27.7 Å². The smallest absolute Gasteiger partial charge is 0.310 e. The van der Waals surface area contributed by atoms with E-state index in [2.05, 4.69) is 17.6 Å². The maximum absolute atomic E-state index is 13.4. The molecule has 3 aliphatic carbocycles. The molecule has 0 aliphatic heterocycles. The van der Waals surface area contributed by atoms with E-state index in [-0.39, 0.29) is 74.4 Å². The topological polar surface area (TPSA) is 84.5 Å². The zero-order valence-electron chi connectivity index (χ0n) is 22.6. The zero-order chi connectivity index (χ0) is 28.9. The summed E-state index contributed by atoms with van der Waals surface area (Å²) in [6.07, 6.45) is 5.99. The first-order valence-corrected chi connectivity index (χ1v) is 15.4. The number of carbonyl (C=O) groups is 3. The fourth-order valence-electron chi connectivity index (χ4n) is 5.96. The largest absolute Gasteiger partial charge is 0.464 e. The molecule has 2 saturated carbocycles. The van der Waals surface area contributed by atoms with E-state index in [9.17, 15) is 14.4 Å². The van der Waals surface area contributed by atoms with Crippen LogP contribution in [-0.2, 0) is 27.2 Å². The van der Waals surface area contributed by atoms with Crippen molar-refractivity contribution in [2.24, 2.45) is 40.4 Å². The van der Waals surface area contributed by atoms with Crippen molar-refractivity contribution in [3.63, 3.8) is 0 Å². The fourth-order valence-corrected chi connectivity index (χ4v) is 7.92. The van der Waals surface area contributed by atoms with Crippen LogP contribution in [0.5, 0.6) is 0 Å². The van der Waals surface area contributed by atoms with Crippen LogP contribution in [0.3, 0.4) is 0 Å². The summed E-state index contributed by atoms with van der Waals surface area (Å²) in [6, 6.07) is 0. The van der Waals surface area contributed by atoms with E-state index in [0.29, 0.717) is 16.5 Å². The van der Waals surface area contributed by atoms with Gasteiger partial charge in [0.2, 0.25) is 5.91 Å². The number of hydrogen-bond acceptors (Lipinski definition) is 5. The van der Waals surface area contributed by atoms with Crippen LogP contribution in [0.2, 0.25) is 0 Å². The second-order valence-electron chi connectivity index (χ2n) is 12.0. The minimum Gasteiger partial charge on any atom is -0.464 e. The number of esters is 1. The van der Waals surface area contributed by atoms with Crippen molar-refractivity contribution in [3.05, 3.63) is 37.1 Å². The van der Waals surface area contributed by atoms with Gasteiger partial charge in [0, 0.05) is 4.88 Å². The highest BCUT2D eigenvalue weighted by Gasteiger charge is 2.62. The number of allylic oxidation sites excluding steroid dienone is 2. The van der Waals surface area contributed by atoms with E-state index in [0.717, 1.165) is 29.7 Å². The molecule has 0 radical (unpaired) electrons. The summed E-state index contributed by atoms with van der Waals surface area (Å²) in [5, 5.41) is 6.47. The molecule has 0 spiro atoms. The van der Waals surface area contributed by atoms with E-state index in [1.165, 1.54) is 11.3 Å². The lowest BCUT2D eigenvalue weighted by Gasteiger charge is -2.18. The quantitative estimate of drug-likeness (QED) is 0.221. The average molecular weight is 636 g/mol. The first-order chi connectivity index (χ1) is 18.2. The number of halogens is 4. The Balaban J connectivity index is 1.40. The molecule has 1 heterocycles. The van der Waals surface area contributed by atoms with E-state index in [1.54, 1.807) is 12.2 Å². The van der Waals surface area contributed by atoms with Gasteiger partial charge in [-0.3, -0.25) is 14.4 Å². The molecule has 1 aromatic rings. The minimum atomic E-state index is -0.340. The van der Waals surface area contributed by atoms with E-state index < -0.39 is 0 Å². The summed E-state index contributed by atoms with van der Waals surface area (Å²) >= 11 is 24.7. The molecule has 6 nitrogen and oxygen atoms in total. The molecular formula is C28H34Cl4N2O4S. The molecule has 2 amide bonds. The highest BCUT2D eigenvalue weighted by atomic mass is 35.5. The molecule has 3 aliphatic rings. The average Bonchev–Trinajstić information content (AvgIpc) is 3.47. The van der Waals surface area contributed by atoms with E-state index >= 15 is 0 Å². The van der Waals surface area contributed by atoms with Gasteiger partial charge < -0.3 is 15.4 Å². The molecule has 0 saturated heterocycles. The van der Waals surface area contributed by atoms with Crippen molar-refractivity contribution >= 4 is 80.5 Å². The van der Waals surface area contributed by atoms with Gasteiger partial charge in [0.1, 0.15) is 20.6 Å². The highest BCUT2D eigenvalue weighted by Crippen LogP contribution is 2.61. The number of carbonyl (C=O) groups excluding carboxylic acids is 3. The minimum absolute atomic E-state index is 0.0384. The van der Waals surface area contributed by atoms with Gasteiger partial charge in [-0.05, 0) is 65.6 Å². The molecule has 11 heteroatoms. The van der Waals surface area contributed by atoms with Crippen LogP contribution in [0.15, 0.2) is 21.1 Å². The third-order valence-corrected chi connectivity index (χ3v) is 10.3. The van der Waals surface area contributed by atoms with Crippen LogP contribution in [0.1, 0.15) is 61.8 Å². The van der Waals surface area contributed by atoms with Gasteiger partial charge in [0.25, 0.3) is 5.91 Å². The number of amides is 2. The number of fused-ring (bicyclic) bond motifs is 1. The van der Waals surface area contributed by atoms with Gasteiger partial charge in [-0.1, -0.05) is 81.0 Å². The lowest BCUT2D eigenvalue weighted by molar-refractivity contribution is -0.146. The van der Waals surface area contributed by atoms with Gasteiger partial charge in [-0.2, -0.15) is 0 Å². The van der Waals surface area contributed by atoms with Crippen molar-refractivity contribution in [3.8, 4) is 0 Å². The maximum atomic E-state index is 13.4. The SMILES string of the molecule is CC1CCc2c(sc(NC(=O)C3C(C=C(Cl)Cl)C3(C)C)c2C(=O)NCCOC(=O)C2C(C=C(Cl)Cl)C2(C)C)C1. The highest BCUT2D eigenvalue weighted by molar-refractivity contribution is 7.17. The second-order valence-corrected chi connectivity index (χ2v) is 15.2. The Morgan fingerprint density at radius 2 is 1.59 bits per heavy atom. The van der Waals surface area contributed by atoms with Gasteiger partial charge in [0.05, 0.1) is 23.9 Å². The number of rotatable bonds is 9. The van der Waals surface area contributed by atoms with Crippen LogP contribution in [-0.4, -0.2) is 30.9 Å². The predicted molar refractivity (Wildman–Crippen MR) is 159 cm³/mol. The Bertz CT molecular complexity index is 1230. The summed E-state index contributed by atoms with van der Waals surface area (Å²) in [6.45, 7) is 10.3. The monoisotopic (exact) mass is 634 g/mol. The summed E-state index contributed by atoms with van der Waals surface area (Å²) in [5.74, 6) is -1.05. The van der Waals surface area contributed by atoms with Crippen LogP contribution >= 0.6 is 57.7 Å². The molecule has 0 bridgehead atoms. The summed E-state index contributed by atoms with van der Waals surface area (Å²) in [5.41, 5.74) is 0.935. The Morgan fingerprint density at radius 1 is 1.00 bits per heavy atom. The standard InChI is InChI=1S/C28H34Cl4N2O4S/c1-13-6-7-14-17(10-13)39-25(34-24(36)21-15(11-18(29)30)27(21,2)3)20(14)23(35)33-8-9-38-26(37)22-16(12-19(31)32)28(22,4)5/h11-13,15-16,21-22H,6-10H2,1-5H3,(H,33,35)(H,34,36). The lowest BCUT2D eigenvalue weighted by Crippen LogP contribution is -2.30. The van der Waals surface area contributed by atoms with Crippen molar-refractivity contribution in [1.29, 1.82) is 0 Å². The number of hydrogen-bond donors (Lipinski definition) is 2. The summed E-state index contributed by atoms with van der Waals surface area (Å²) < 4.78 is 5.72. The molecule has 0 aromatic carbocycles. The molecule has 2 fully saturated rings.